The molecule has 1 heterocycles. The van der Waals surface area contributed by atoms with E-state index in [-0.39, 0.29) is 18.0 Å². The lowest BCUT2D eigenvalue weighted by Crippen LogP contribution is -2.27. The Kier molecular flexibility index (Phi) is 5.04. The zero-order valence-corrected chi connectivity index (χ0v) is 15.0. The summed E-state index contributed by atoms with van der Waals surface area (Å²) in [5.41, 5.74) is 2.02. The fourth-order valence-electron chi connectivity index (χ4n) is 2.67. The lowest BCUT2D eigenvalue weighted by atomic mass is 10.1. The van der Waals surface area contributed by atoms with Gasteiger partial charge in [-0.15, -0.1) is 0 Å². The van der Waals surface area contributed by atoms with Crippen LogP contribution in [0.4, 0.5) is 8.78 Å². The van der Waals surface area contributed by atoms with Crippen LogP contribution in [0, 0.1) is 18.6 Å². The number of hydrogen-bond acceptors (Lipinski definition) is 2. The highest BCUT2D eigenvalue weighted by Gasteiger charge is 2.20. The van der Waals surface area contributed by atoms with Gasteiger partial charge in [0.1, 0.15) is 11.6 Å². The Balaban J connectivity index is 1.84. The van der Waals surface area contributed by atoms with Crippen LogP contribution in [-0.2, 0) is 6.54 Å². The number of amides is 1. The Morgan fingerprint density at radius 3 is 2.69 bits per heavy atom. The molecule has 0 atom stereocenters. The topological polar surface area (TPSA) is 38.1 Å². The number of rotatable bonds is 4. The summed E-state index contributed by atoms with van der Waals surface area (Å²) in [6.07, 6.45) is 1.47. The van der Waals surface area contributed by atoms with Crippen LogP contribution in [0.15, 0.2) is 48.7 Å². The fraction of sp³-hybridized carbons (Fsp3) is 0.158. The Morgan fingerprint density at radius 2 is 2.00 bits per heavy atom. The SMILES string of the molecule is Cc1c(C(=O)N(C)Cc2ccc(F)cc2F)cnn1-c1cccc(Cl)c1. The van der Waals surface area contributed by atoms with Crippen LogP contribution < -0.4 is 0 Å². The second kappa shape index (κ2) is 7.25. The Labute approximate surface area is 154 Å². The highest BCUT2D eigenvalue weighted by Crippen LogP contribution is 2.20. The molecule has 0 saturated carbocycles. The van der Waals surface area contributed by atoms with E-state index in [1.165, 1.54) is 23.2 Å². The summed E-state index contributed by atoms with van der Waals surface area (Å²) in [4.78, 5) is 14.1. The van der Waals surface area contributed by atoms with E-state index in [9.17, 15) is 13.6 Å². The van der Waals surface area contributed by atoms with Gasteiger partial charge < -0.3 is 4.90 Å². The molecule has 1 aromatic heterocycles. The van der Waals surface area contributed by atoms with E-state index in [0.717, 1.165) is 11.8 Å². The Hall–Kier alpha value is -2.73. The van der Waals surface area contributed by atoms with Gasteiger partial charge in [0.25, 0.3) is 5.91 Å². The molecule has 2 aromatic carbocycles. The predicted molar refractivity (Wildman–Crippen MR) is 95.5 cm³/mol. The maximum atomic E-state index is 13.8. The summed E-state index contributed by atoms with van der Waals surface area (Å²) < 4.78 is 28.4. The van der Waals surface area contributed by atoms with Crippen LogP contribution in [0.3, 0.4) is 0 Å². The molecular formula is C19H16ClF2N3O. The maximum absolute atomic E-state index is 13.8. The molecule has 0 aliphatic carbocycles. The van der Waals surface area contributed by atoms with E-state index in [1.54, 1.807) is 36.9 Å². The van der Waals surface area contributed by atoms with Crippen molar-refractivity contribution in [3.8, 4) is 5.69 Å². The van der Waals surface area contributed by atoms with Crippen molar-refractivity contribution < 1.29 is 13.6 Å². The van der Waals surface area contributed by atoms with Crippen LogP contribution in [0.25, 0.3) is 5.69 Å². The summed E-state index contributed by atoms with van der Waals surface area (Å²) in [6.45, 7) is 1.79. The number of carbonyl (C=O) groups is 1. The average molecular weight is 376 g/mol. The molecule has 0 radical (unpaired) electrons. The molecule has 7 heteroatoms. The summed E-state index contributed by atoms with van der Waals surface area (Å²) in [6, 6.07) is 10.4. The number of carbonyl (C=O) groups excluding carboxylic acids is 1. The van der Waals surface area contributed by atoms with Crippen molar-refractivity contribution in [2.75, 3.05) is 7.05 Å². The molecule has 0 N–H and O–H groups in total. The Morgan fingerprint density at radius 1 is 1.23 bits per heavy atom. The normalized spacial score (nSPS) is 10.8. The number of hydrogen-bond donors (Lipinski definition) is 0. The second-order valence-corrected chi connectivity index (χ2v) is 6.37. The van der Waals surface area contributed by atoms with Crippen LogP contribution >= 0.6 is 11.6 Å². The zero-order valence-electron chi connectivity index (χ0n) is 14.2. The van der Waals surface area contributed by atoms with Gasteiger partial charge in [0, 0.05) is 30.2 Å². The third-order valence-electron chi connectivity index (χ3n) is 4.06. The zero-order chi connectivity index (χ0) is 18.8. The number of halogens is 3. The largest absolute Gasteiger partial charge is 0.337 e. The highest BCUT2D eigenvalue weighted by molar-refractivity contribution is 6.30. The van der Waals surface area contributed by atoms with Crippen LogP contribution in [0.1, 0.15) is 21.6 Å². The van der Waals surface area contributed by atoms with Crippen molar-refractivity contribution in [2.24, 2.45) is 0 Å². The van der Waals surface area contributed by atoms with Gasteiger partial charge in [-0.2, -0.15) is 5.10 Å². The third-order valence-corrected chi connectivity index (χ3v) is 4.30. The van der Waals surface area contributed by atoms with Crippen molar-refractivity contribution in [1.82, 2.24) is 14.7 Å². The first-order valence-electron chi connectivity index (χ1n) is 7.87. The van der Waals surface area contributed by atoms with E-state index >= 15 is 0 Å². The molecule has 4 nitrogen and oxygen atoms in total. The fourth-order valence-corrected chi connectivity index (χ4v) is 2.86. The van der Waals surface area contributed by atoms with Gasteiger partial charge in [-0.1, -0.05) is 23.7 Å². The molecule has 0 unspecified atom stereocenters. The van der Waals surface area contributed by atoms with Gasteiger partial charge in [-0.25, -0.2) is 13.5 Å². The third kappa shape index (κ3) is 3.60. The molecule has 1 amide bonds. The molecular weight excluding hydrogens is 360 g/mol. The summed E-state index contributed by atoms with van der Waals surface area (Å²) in [5, 5.41) is 4.82. The van der Waals surface area contributed by atoms with Gasteiger partial charge in [0.05, 0.1) is 23.1 Å². The van der Waals surface area contributed by atoms with Crippen molar-refractivity contribution in [3.05, 3.63) is 82.1 Å². The summed E-state index contributed by atoms with van der Waals surface area (Å²) >= 11 is 6.00. The lowest BCUT2D eigenvalue weighted by Gasteiger charge is -2.17. The quantitative estimate of drug-likeness (QED) is 0.678. The molecule has 3 aromatic rings. The van der Waals surface area contributed by atoms with E-state index in [0.29, 0.717) is 16.3 Å². The van der Waals surface area contributed by atoms with Gasteiger partial charge in [-0.3, -0.25) is 4.79 Å². The smallest absolute Gasteiger partial charge is 0.257 e. The van der Waals surface area contributed by atoms with Crippen molar-refractivity contribution in [1.29, 1.82) is 0 Å². The van der Waals surface area contributed by atoms with Crippen molar-refractivity contribution in [2.45, 2.75) is 13.5 Å². The first-order chi connectivity index (χ1) is 12.4. The van der Waals surface area contributed by atoms with E-state index in [1.807, 2.05) is 6.07 Å². The van der Waals surface area contributed by atoms with Crippen LogP contribution in [0.5, 0.6) is 0 Å². The van der Waals surface area contributed by atoms with Crippen LogP contribution in [-0.4, -0.2) is 27.6 Å². The molecule has 3 rings (SSSR count). The molecule has 0 aliphatic heterocycles. The molecule has 0 bridgehead atoms. The van der Waals surface area contributed by atoms with E-state index < -0.39 is 11.6 Å². The van der Waals surface area contributed by atoms with Gasteiger partial charge >= 0.3 is 0 Å². The van der Waals surface area contributed by atoms with Gasteiger partial charge in [-0.05, 0) is 31.2 Å². The predicted octanol–water partition coefficient (Wildman–Crippen LogP) is 4.38. The molecule has 134 valence electrons. The summed E-state index contributed by atoms with van der Waals surface area (Å²) in [7, 11) is 1.56. The molecule has 0 saturated heterocycles. The van der Waals surface area contributed by atoms with Gasteiger partial charge in [0.2, 0.25) is 0 Å². The number of nitrogens with zero attached hydrogens (tertiary/aromatic N) is 3. The van der Waals surface area contributed by atoms with E-state index in [4.69, 9.17) is 11.6 Å². The molecule has 0 spiro atoms. The minimum absolute atomic E-state index is 0.0206. The van der Waals surface area contributed by atoms with Crippen molar-refractivity contribution >= 4 is 17.5 Å². The highest BCUT2D eigenvalue weighted by atomic mass is 35.5. The molecule has 0 fully saturated rings. The summed E-state index contributed by atoms with van der Waals surface area (Å²) in [5.74, 6) is -1.64. The first-order valence-corrected chi connectivity index (χ1v) is 8.24. The molecule has 26 heavy (non-hydrogen) atoms. The van der Waals surface area contributed by atoms with E-state index in [2.05, 4.69) is 5.10 Å². The minimum Gasteiger partial charge on any atom is -0.337 e. The second-order valence-electron chi connectivity index (χ2n) is 5.93. The minimum atomic E-state index is -0.684. The molecule has 0 aliphatic rings. The average Bonchev–Trinajstić information content (AvgIpc) is 2.98. The Bertz CT molecular complexity index is 971. The van der Waals surface area contributed by atoms with Crippen molar-refractivity contribution in [3.63, 3.8) is 0 Å². The standard InChI is InChI=1S/C19H16ClF2N3O/c1-12-17(10-23-25(12)16-5-3-4-14(20)8-16)19(26)24(2)11-13-6-7-15(21)9-18(13)22/h3-10H,11H2,1-2H3. The van der Waals surface area contributed by atoms with Crippen LogP contribution in [0.2, 0.25) is 5.02 Å². The maximum Gasteiger partial charge on any atom is 0.257 e. The number of benzene rings is 2. The van der Waals surface area contributed by atoms with Gasteiger partial charge in [0.15, 0.2) is 0 Å². The monoisotopic (exact) mass is 375 g/mol. The lowest BCUT2D eigenvalue weighted by molar-refractivity contribution is 0.0783. The first kappa shape index (κ1) is 18.1. The number of aromatic nitrogens is 2.